The summed E-state index contributed by atoms with van der Waals surface area (Å²) < 4.78 is 5.27. The Bertz CT molecular complexity index is 718. The van der Waals surface area contributed by atoms with Crippen molar-refractivity contribution >= 4 is 40.6 Å². The van der Waals surface area contributed by atoms with E-state index in [9.17, 15) is 4.79 Å². The van der Waals surface area contributed by atoms with Gasteiger partial charge in [0.15, 0.2) is 0 Å². The van der Waals surface area contributed by atoms with Gasteiger partial charge in [-0.2, -0.15) is 0 Å². The third-order valence-electron chi connectivity index (χ3n) is 3.50. The van der Waals surface area contributed by atoms with Gasteiger partial charge in [0, 0.05) is 29.9 Å². The van der Waals surface area contributed by atoms with Gasteiger partial charge in [0.2, 0.25) is 0 Å². The molecular weight excluding hydrogens is 337 g/mol. The normalized spacial score (nSPS) is 14.6. The number of amides is 1. The highest BCUT2D eigenvalue weighted by Crippen LogP contribution is 2.28. The Balaban J connectivity index is 1.79. The smallest absolute Gasteiger partial charge is 0.254 e. The summed E-state index contributed by atoms with van der Waals surface area (Å²) in [5, 5.41) is 4.18. The fourth-order valence-corrected chi connectivity index (χ4v) is 2.65. The molecule has 0 radical (unpaired) electrons. The fraction of sp³-hybridized carbons (Fsp3) is 0.250. The van der Waals surface area contributed by atoms with Crippen molar-refractivity contribution < 1.29 is 9.53 Å². The molecule has 0 saturated carbocycles. The monoisotopic (exact) mass is 351 g/mol. The van der Waals surface area contributed by atoms with E-state index >= 15 is 0 Å². The molecule has 1 saturated heterocycles. The van der Waals surface area contributed by atoms with Gasteiger partial charge in [0.05, 0.1) is 23.9 Å². The first-order valence-electron chi connectivity index (χ1n) is 7.18. The Morgan fingerprint density at radius 3 is 2.74 bits per heavy atom. The number of halogens is 2. The maximum absolute atomic E-state index is 12.5. The van der Waals surface area contributed by atoms with E-state index in [0.717, 1.165) is 0 Å². The first-order chi connectivity index (χ1) is 11.1. The number of rotatable bonds is 3. The minimum absolute atomic E-state index is 0.0315. The van der Waals surface area contributed by atoms with Crippen molar-refractivity contribution in [2.75, 3.05) is 31.6 Å². The van der Waals surface area contributed by atoms with Crippen LogP contribution in [0.1, 0.15) is 10.4 Å². The van der Waals surface area contributed by atoms with Crippen LogP contribution in [0.4, 0.5) is 11.5 Å². The Hall–Kier alpha value is -1.82. The van der Waals surface area contributed by atoms with Gasteiger partial charge in [0.25, 0.3) is 5.91 Å². The van der Waals surface area contributed by atoms with E-state index in [1.165, 1.54) is 0 Å². The van der Waals surface area contributed by atoms with E-state index in [0.29, 0.717) is 53.4 Å². The van der Waals surface area contributed by atoms with E-state index in [2.05, 4.69) is 10.3 Å². The molecule has 7 heteroatoms. The molecule has 0 spiro atoms. The molecule has 0 aliphatic carbocycles. The lowest BCUT2D eigenvalue weighted by Crippen LogP contribution is -2.40. The van der Waals surface area contributed by atoms with E-state index in [-0.39, 0.29) is 5.91 Å². The standard InChI is InChI=1S/C16H15Cl2N3O2/c17-12-1-2-13(18)14(10-12)20-15-9-11(3-4-19-15)16(22)21-5-7-23-8-6-21/h1-4,9-10H,5-8H2,(H,19,20). The zero-order valence-corrected chi connectivity index (χ0v) is 13.8. The van der Waals surface area contributed by atoms with Crippen LogP contribution in [0.15, 0.2) is 36.5 Å². The molecule has 1 aromatic heterocycles. The number of carbonyl (C=O) groups excluding carboxylic acids is 1. The molecule has 0 atom stereocenters. The van der Waals surface area contributed by atoms with Gasteiger partial charge >= 0.3 is 0 Å². The zero-order chi connectivity index (χ0) is 16.2. The van der Waals surface area contributed by atoms with Crippen molar-refractivity contribution in [2.24, 2.45) is 0 Å². The van der Waals surface area contributed by atoms with E-state index in [1.54, 1.807) is 41.4 Å². The summed E-state index contributed by atoms with van der Waals surface area (Å²) in [6.07, 6.45) is 1.59. The van der Waals surface area contributed by atoms with Crippen LogP contribution < -0.4 is 5.32 Å². The minimum Gasteiger partial charge on any atom is -0.378 e. The second kappa shape index (κ2) is 7.17. The molecule has 3 rings (SSSR count). The Labute approximate surface area is 144 Å². The van der Waals surface area contributed by atoms with Crippen LogP contribution in [0.3, 0.4) is 0 Å². The fourth-order valence-electron chi connectivity index (χ4n) is 2.31. The molecule has 23 heavy (non-hydrogen) atoms. The zero-order valence-electron chi connectivity index (χ0n) is 12.3. The number of carbonyl (C=O) groups is 1. The molecular formula is C16H15Cl2N3O2. The lowest BCUT2D eigenvalue weighted by molar-refractivity contribution is 0.0303. The molecule has 1 aliphatic rings. The molecule has 2 heterocycles. The number of nitrogens with zero attached hydrogens (tertiary/aromatic N) is 2. The number of nitrogens with one attached hydrogen (secondary N) is 1. The quantitative estimate of drug-likeness (QED) is 0.917. The van der Waals surface area contributed by atoms with Gasteiger partial charge in [-0.25, -0.2) is 4.98 Å². The molecule has 2 aromatic rings. The molecule has 1 aromatic carbocycles. The van der Waals surface area contributed by atoms with E-state index in [1.807, 2.05) is 0 Å². The van der Waals surface area contributed by atoms with Crippen molar-refractivity contribution in [3.8, 4) is 0 Å². The van der Waals surface area contributed by atoms with Crippen molar-refractivity contribution in [1.29, 1.82) is 0 Å². The number of aromatic nitrogens is 1. The largest absolute Gasteiger partial charge is 0.378 e. The molecule has 0 unspecified atom stereocenters. The van der Waals surface area contributed by atoms with Gasteiger partial charge in [-0.15, -0.1) is 0 Å². The summed E-state index contributed by atoms with van der Waals surface area (Å²) in [7, 11) is 0. The van der Waals surface area contributed by atoms with Crippen LogP contribution in [0.5, 0.6) is 0 Å². The predicted molar refractivity (Wildman–Crippen MR) is 90.7 cm³/mol. The van der Waals surface area contributed by atoms with Crippen molar-refractivity contribution in [2.45, 2.75) is 0 Å². The van der Waals surface area contributed by atoms with Crippen molar-refractivity contribution in [3.63, 3.8) is 0 Å². The first kappa shape index (κ1) is 16.1. The molecule has 1 fully saturated rings. The summed E-state index contributed by atoms with van der Waals surface area (Å²) in [5.41, 5.74) is 1.21. The SMILES string of the molecule is O=C(c1ccnc(Nc2cc(Cl)ccc2Cl)c1)N1CCOCC1. The van der Waals surface area contributed by atoms with Gasteiger partial charge in [-0.3, -0.25) is 4.79 Å². The first-order valence-corrected chi connectivity index (χ1v) is 7.94. The number of hydrogen-bond donors (Lipinski definition) is 1. The number of hydrogen-bond acceptors (Lipinski definition) is 4. The third kappa shape index (κ3) is 3.93. The highest BCUT2D eigenvalue weighted by molar-refractivity contribution is 6.35. The van der Waals surface area contributed by atoms with Crippen LogP contribution in [-0.4, -0.2) is 42.1 Å². The Morgan fingerprint density at radius 2 is 1.96 bits per heavy atom. The molecule has 120 valence electrons. The van der Waals surface area contributed by atoms with Crippen molar-refractivity contribution in [1.82, 2.24) is 9.88 Å². The number of morpholine rings is 1. The number of anilines is 2. The number of benzene rings is 1. The maximum Gasteiger partial charge on any atom is 0.254 e. The predicted octanol–water partition coefficient (Wildman–Crippen LogP) is 3.60. The van der Waals surface area contributed by atoms with Crippen LogP contribution in [0.2, 0.25) is 10.0 Å². The average molecular weight is 352 g/mol. The Kier molecular flexibility index (Phi) is 5.00. The third-order valence-corrected chi connectivity index (χ3v) is 4.06. The van der Waals surface area contributed by atoms with Gasteiger partial charge in [-0.05, 0) is 30.3 Å². The molecule has 1 N–H and O–H groups in total. The van der Waals surface area contributed by atoms with Crippen LogP contribution in [0.25, 0.3) is 0 Å². The number of ether oxygens (including phenoxy) is 1. The lowest BCUT2D eigenvalue weighted by atomic mass is 10.2. The van der Waals surface area contributed by atoms with Gasteiger partial charge < -0.3 is 15.0 Å². The topological polar surface area (TPSA) is 54.5 Å². The average Bonchev–Trinajstić information content (AvgIpc) is 2.58. The summed E-state index contributed by atoms with van der Waals surface area (Å²) in [4.78, 5) is 18.5. The highest BCUT2D eigenvalue weighted by atomic mass is 35.5. The maximum atomic E-state index is 12.5. The van der Waals surface area contributed by atoms with E-state index in [4.69, 9.17) is 27.9 Å². The number of pyridine rings is 1. The van der Waals surface area contributed by atoms with Crippen LogP contribution >= 0.6 is 23.2 Å². The second-order valence-electron chi connectivity index (χ2n) is 5.08. The van der Waals surface area contributed by atoms with Crippen molar-refractivity contribution in [3.05, 3.63) is 52.1 Å². The summed E-state index contributed by atoms with van der Waals surface area (Å²) in [6, 6.07) is 8.52. The highest BCUT2D eigenvalue weighted by Gasteiger charge is 2.19. The Morgan fingerprint density at radius 1 is 1.17 bits per heavy atom. The molecule has 0 bridgehead atoms. The molecule has 1 aliphatic heterocycles. The van der Waals surface area contributed by atoms with Gasteiger partial charge in [0.1, 0.15) is 5.82 Å². The summed E-state index contributed by atoms with van der Waals surface area (Å²) >= 11 is 12.1. The lowest BCUT2D eigenvalue weighted by Gasteiger charge is -2.26. The summed E-state index contributed by atoms with van der Waals surface area (Å²) in [5.74, 6) is 0.504. The second-order valence-corrected chi connectivity index (χ2v) is 5.93. The molecule has 5 nitrogen and oxygen atoms in total. The summed E-state index contributed by atoms with van der Waals surface area (Å²) in [6.45, 7) is 2.34. The van der Waals surface area contributed by atoms with Crippen LogP contribution in [-0.2, 0) is 4.74 Å². The minimum atomic E-state index is -0.0315. The van der Waals surface area contributed by atoms with Crippen LogP contribution in [0, 0.1) is 0 Å². The van der Waals surface area contributed by atoms with Gasteiger partial charge in [-0.1, -0.05) is 23.2 Å². The molecule has 1 amide bonds. The van der Waals surface area contributed by atoms with E-state index < -0.39 is 0 Å².